The Morgan fingerprint density at radius 3 is 1.68 bits per heavy atom. The van der Waals surface area contributed by atoms with Crippen molar-refractivity contribution in [1.82, 2.24) is 15.0 Å². The Labute approximate surface area is 235 Å². The van der Waals surface area contributed by atoms with Crippen LogP contribution in [0.5, 0.6) is 5.75 Å². The molecule has 1 aromatic carbocycles. The fourth-order valence-electron chi connectivity index (χ4n) is 4.39. The maximum absolute atomic E-state index is 10.6. The Morgan fingerprint density at radius 1 is 0.703 bits per heavy atom. The number of thioether (sulfide) groups is 2. The van der Waals surface area contributed by atoms with E-state index < -0.39 is 0 Å². The van der Waals surface area contributed by atoms with E-state index in [0.29, 0.717) is 12.2 Å². The van der Waals surface area contributed by atoms with Crippen molar-refractivity contribution in [2.75, 3.05) is 11.5 Å². The van der Waals surface area contributed by atoms with Gasteiger partial charge in [0.15, 0.2) is 10.3 Å². The molecule has 1 heterocycles. The molecule has 1 N–H and O–H groups in total. The summed E-state index contributed by atoms with van der Waals surface area (Å²) < 4.78 is 0. The first-order valence-corrected chi connectivity index (χ1v) is 16.5. The lowest BCUT2D eigenvalue weighted by atomic mass is 9.84. The van der Waals surface area contributed by atoms with Crippen molar-refractivity contribution >= 4 is 23.5 Å². The smallest absolute Gasteiger partial charge is 0.191 e. The highest BCUT2D eigenvalue weighted by Crippen LogP contribution is 2.34. The van der Waals surface area contributed by atoms with Gasteiger partial charge in [-0.3, -0.25) is 0 Å². The second kappa shape index (κ2) is 17.3. The van der Waals surface area contributed by atoms with E-state index >= 15 is 0 Å². The number of aromatic nitrogens is 3. The molecule has 0 saturated heterocycles. The van der Waals surface area contributed by atoms with Gasteiger partial charge in [0.1, 0.15) is 11.6 Å². The van der Waals surface area contributed by atoms with Gasteiger partial charge in [-0.15, -0.1) is 0 Å². The van der Waals surface area contributed by atoms with Gasteiger partial charge < -0.3 is 5.11 Å². The van der Waals surface area contributed by atoms with E-state index in [9.17, 15) is 5.11 Å². The summed E-state index contributed by atoms with van der Waals surface area (Å²) in [6, 6.07) is 4.19. The van der Waals surface area contributed by atoms with Crippen molar-refractivity contribution in [2.45, 2.75) is 141 Å². The number of hydrogen-bond donors (Lipinski definition) is 1. The average Bonchev–Trinajstić information content (AvgIpc) is 2.84. The molecule has 0 unspecified atom stereocenters. The summed E-state index contributed by atoms with van der Waals surface area (Å²) in [6.45, 7) is 12.9. The quantitative estimate of drug-likeness (QED) is 0.149. The highest BCUT2D eigenvalue weighted by molar-refractivity contribution is 7.99. The summed E-state index contributed by atoms with van der Waals surface area (Å²) in [4.78, 5) is 14.5. The summed E-state index contributed by atoms with van der Waals surface area (Å²) in [5, 5.41) is 12.4. The topological polar surface area (TPSA) is 58.9 Å². The molecule has 2 rings (SSSR count). The first kappa shape index (κ1) is 31.9. The number of phenolic OH excluding ortho intramolecular Hbond substituents is 1. The van der Waals surface area contributed by atoms with E-state index in [-0.39, 0.29) is 5.41 Å². The van der Waals surface area contributed by atoms with Crippen molar-refractivity contribution in [3.8, 4) is 5.75 Å². The largest absolute Gasteiger partial charge is 0.507 e. The average molecular weight is 546 g/mol. The van der Waals surface area contributed by atoms with Gasteiger partial charge in [-0.05, 0) is 41.9 Å². The SMILES string of the molecule is CCCCCCCCSc1nc(Cc2cc(C)c(O)c(C(C)(C)C)c2)nc(SCCCCCCCC)n1. The van der Waals surface area contributed by atoms with Crippen LogP contribution in [0.4, 0.5) is 0 Å². The molecule has 0 bridgehead atoms. The molecule has 0 amide bonds. The van der Waals surface area contributed by atoms with Crippen LogP contribution in [0.1, 0.15) is 134 Å². The molecular weight excluding hydrogens is 494 g/mol. The van der Waals surface area contributed by atoms with E-state index in [1.165, 1.54) is 77.0 Å². The monoisotopic (exact) mass is 545 g/mol. The molecule has 6 heteroatoms. The van der Waals surface area contributed by atoms with E-state index in [1.54, 1.807) is 23.5 Å². The zero-order chi connectivity index (χ0) is 27.1. The van der Waals surface area contributed by atoms with Gasteiger partial charge >= 0.3 is 0 Å². The van der Waals surface area contributed by atoms with Gasteiger partial charge in [-0.25, -0.2) is 9.97 Å². The van der Waals surface area contributed by atoms with Crippen LogP contribution >= 0.6 is 23.5 Å². The number of nitrogens with zero attached hydrogens (tertiary/aromatic N) is 3. The standard InChI is InChI=1S/C31H51N3OS2/c1-7-9-11-13-15-17-19-36-29-32-27(33-30(34-29)37-20-18-16-14-12-10-8-2)23-25-21-24(3)28(35)26(22-25)31(4,5)6/h21-22,35H,7-20,23H2,1-6H3. The Bertz CT molecular complexity index is 891. The van der Waals surface area contributed by atoms with Gasteiger partial charge in [0.25, 0.3) is 0 Å². The fourth-order valence-corrected chi connectivity index (χ4v) is 6.15. The highest BCUT2D eigenvalue weighted by Gasteiger charge is 2.21. The lowest BCUT2D eigenvalue weighted by Gasteiger charge is -2.22. The molecule has 4 nitrogen and oxygen atoms in total. The van der Waals surface area contributed by atoms with Gasteiger partial charge in [-0.2, -0.15) is 4.98 Å². The molecule has 0 spiro atoms. The third-order valence-electron chi connectivity index (χ3n) is 6.63. The van der Waals surface area contributed by atoms with Crippen LogP contribution < -0.4 is 0 Å². The summed E-state index contributed by atoms with van der Waals surface area (Å²) in [6.07, 6.45) is 16.3. The number of benzene rings is 1. The molecule has 0 aliphatic rings. The van der Waals surface area contributed by atoms with Crippen LogP contribution in [-0.4, -0.2) is 31.6 Å². The minimum absolute atomic E-state index is 0.125. The summed E-state index contributed by atoms with van der Waals surface area (Å²) in [5.41, 5.74) is 2.91. The molecular formula is C31H51N3OS2. The van der Waals surface area contributed by atoms with Crippen molar-refractivity contribution < 1.29 is 5.11 Å². The minimum Gasteiger partial charge on any atom is -0.507 e. The molecule has 0 radical (unpaired) electrons. The van der Waals surface area contributed by atoms with Crippen LogP contribution in [0.25, 0.3) is 0 Å². The molecule has 0 fully saturated rings. The molecule has 2 aromatic rings. The van der Waals surface area contributed by atoms with Gasteiger partial charge in [0, 0.05) is 17.9 Å². The van der Waals surface area contributed by atoms with Crippen molar-refractivity contribution in [1.29, 1.82) is 0 Å². The third kappa shape index (κ3) is 12.4. The Kier molecular flexibility index (Phi) is 15.0. The van der Waals surface area contributed by atoms with Crippen LogP contribution in [0.2, 0.25) is 0 Å². The minimum atomic E-state index is -0.125. The first-order valence-electron chi connectivity index (χ1n) is 14.6. The van der Waals surface area contributed by atoms with Crippen LogP contribution in [0, 0.1) is 6.92 Å². The molecule has 37 heavy (non-hydrogen) atoms. The first-order chi connectivity index (χ1) is 17.7. The number of hydrogen-bond acceptors (Lipinski definition) is 6. The number of aryl methyl sites for hydroxylation is 1. The molecule has 1 aromatic heterocycles. The molecule has 0 atom stereocenters. The molecule has 0 aliphatic carbocycles. The summed E-state index contributed by atoms with van der Waals surface area (Å²) in [5.74, 6) is 3.35. The summed E-state index contributed by atoms with van der Waals surface area (Å²) >= 11 is 3.55. The van der Waals surface area contributed by atoms with Crippen molar-refractivity contribution in [2.24, 2.45) is 0 Å². The zero-order valence-electron chi connectivity index (χ0n) is 24.4. The van der Waals surface area contributed by atoms with Gasteiger partial charge in [0.05, 0.1) is 0 Å². The van der Waals surface area contributed by atoms with E-state index in [0.717, 1.165) is 44.3 Å². The van der Waals surface area contributed by atoms with E-state index in [1.807, 2.05) is 6.92 Å². The van der Waals surface area contributed by atoms with Crippen LogP contribution in [-0.2, 0) is 11.8 Å². The highest BCUT2D eigenvalue weighted by atomic mass is 32.2. The molecule has 208 valence electrons. The predicted molar refractivity (Wildman–Crippen MR) is 162 cm³/mol. The third-order valence-corrected chi connectivity index (χ3v) is 8.50. The number of phenols is 1. The lowest BCUT2D eigenvalue weighted by Crippen LogP contribution is -2.13. The Balaban J connectivity index is 2.09. The predicted octanol–water partition coefficient (Wildman–Crippen LogP) is 9.68. The summed E-state index contributed by atoms with van der Waals surface area (Å²) in [7, 11) is 0. The number of rotatable bonds is 18. The van der Waals surface area contributed by atoms with Gasteiger partial charge in [0.2, 0.25) is 0 Å². The van der Waals surface area contributed by atoms with E-state index in [2.05, 4.69) is 46.8 Å². The van der Waals surface area contributed by atoms with Crippen LogP contribution in [0.3, 0.4) is 0 Å². The fraction of sp³-hybridized carbons (Fsp3) is 0.710. The normalized spacial score (nSPS) is 11.8. The number of unbranched alkanes of at least 4 members (excludes halogenated alkanes) is 10. The maximum Gasteiger partial charge on any atom is 0.191 e. The number of aromatic hydroxyl groups is 1. The second-order valence-corrected chi connectivity index (χ2v) is 13.4. The molecule has 0 saturated carbocycles. The van der Waals surface area contributed by atoms with Crippen molar-refractivity contribution in [3.63, 3.8) is 0 Å². The second-order valence-electron chi connectivity index (χ2n) is 11.3. The molecule has 0 aliphatic heterocycles. The zero-order valence-corrected chi connectivity index (χ0v) is 26.0. The lowest BCUT2D eigenvalue weighted by molar-refractivity contribution is 0.442. The van der Waals surface area contributed by atoms with E-state index in [4.69, 9.17) is 15.0 Å². The van der Waals surface area contributed by atoms with Gasteiger partial charge in [-0.1, -0.05) is 134 Å². The maximum atomic E-state index is 10.6. The Morgan fingerprint density at radius 2 is 1.19 bits per heavy atom. The Hall–Kier alpha value is -1.27. The van der Waals surface area contributed by atoms with Crippen LogP contribution in [0.15, 0.2) is 22.4 Å². The van der Waals surface area contributed by atoms with Crippen molar-refractivity contribution in [3.05, 3.63) is 34.6 Å².